The third-order valence-electron chi connectivity index (χ3n) is 12.3. The second kappa shape index (κ2) is 21.1. The first-order valence-corrected chi connectivity index (χ1v) is 25.1. The molecule has 5 aromatic carbocycles. The highest BCUT2D eigenvalue weighted by atomic mass is 35.5. The van der Waals surface area contributed by atoms with E-state index in [4.69, 9.17) is 16.4 Å². The number of halogens is 1. The number of thioether (sulfide) groups is 1. The van der Waals surface area contributed by atoms with Gasteiger partial charge in [-0.25, -0.2) is 13.1 Å². The van der Waals surface area contributed by atoms with Gasteiger partial charge in [0.25, 0.3) is 21.6 Å². The van der Waals surface area contributed by atoms with E-state index >= 15 is 0 Å². The summed E-state index contributed by atoms with van der Waals surface area (Å²) in [5, 5.41) is 18.6. The summed E-state index contributed by atoms with van der Waals surface area (Å²) in [6, 6.07) is 35.6. The van der Waals surface area contributed by atoms with Crippen LogP contribution < -0.4 is 14.9 Å². The number of aryl methyl sites for hydroxylation is 1. The van der Waals surface area contributed by atoms with Gasteiger partial charge in [-0.2, -0.15) is 5.06 Å². The van der Waals surface area contributed by atoms with E-state index in [1.165, 1.54) is 23.3 Å². The molecule has 0 saturated carbocycles. The van der Waals surface area contributed by atoms with Gasteiger partial charge in [-0.15, -0.1) is 11.8 Å². The highest BCUT2D eigenvalue weighted by Crippen LogP contribution is 2.35. The average Bonchev–Trinajstić information content (AvgIpc) is 3.30. The average molecular weight is 939 g/mol. The van der Waals surface area contributed by atoms with Crippen LogP contribution in [0.2, 0.25) is 5.02 Å². The number of anilines is 2. The first-order valence-electron chi connectivity index (χ1n) is 22.3. The maximum atomic E-state index is 13.7. The molecule has 0 unspecified atom stereocenters. The van der Waals surface area contributed by atoms with E-state index in [0.29, 0.717) is 23.2 Å². The number of nitro benzene ring substituents is 1. The molecular formula is C49H56ClN7O6S2. The summed E-state index contributed by atoms with van der Waals surface area (Å²) in [7, 11) is -4.47. The van der Waals surface area contributed by atoms with Crippen LogP contribution in [0.15, 0.2) is 125 Å². The highest BCUT2D eigenvalue weighted by molar-refractivity contribution is 7.99. The number of carbonyl (C=O) groups is 1. The van der Waals surface area contributed by atoms with Crippen molar-refractivity contribution >= 4 is 56.4 Å². The van der Waals surface area contributed by atoms with Crippen molar-refractivity contribution in [3.05, 3.63) is 147 Å². The fraction of sp³-hybridized carbons (Fsp3) is 0.367. The van der Waals surface area contributed by atoms with Gasteiger partial charge in [0.15, 0.2) is 0 Å². The number of fused-ring (bicyclic) bond motifs is 3. The van der Waals surface area contributed by atoms with Crippen molar-refractivity contribution in [3.8, 4) is 11.1 Å². The van der Waals surface area contributed by atoms with Crippen molar-refractivity contribution in [3.63, 3.8) is 0 Å². The van der Waals surface area contributed by atoms with E-state index in [1.807, 2.05) is 67.4 Å². The Bertz CT molecular complexity index is 2560. The number of hydrogen-bond acceptors (Lipinski definition) is 12. The van der Waals surface area contributed by atoms with Crippen molar-refractivity contribution in [2.75, 3.05) is 68.3 Å². The van der Waals surface area contributed by atoms with E-state index in [2.05, 4.69) is 61.1 Å². The van der Waals surface area contributed by atoms with Gasteiger partial charge >= 0.3 is 0 Å². The van der Waals surface area contributed by atoms with Crippen molar-refractivity contribution in [1.29, 1.82) is 0 Å². The van der Waals surface area contributed by atoms with Crippen molar-refractivity contribution in [2.45, 2.75) is 67.6 Å². The van der Waals surface area contributed by atoms with E-state index in [9.17, 15) is 23.3 Å². The molecular weight excluding hydrogens is 882 g/mol. The normalized spacial score (nSPS) is 17.6. The Balaban J connectivity index is 0.903. The van der Waals surface area contributed by atoms with Crippen LogP contribution in [0.1, 0.15) is 48.2 Å². The Morgan fingerprint density at radius 3 is 2.38 bits per heavy atom. The highest BCUT2D eigenvalue weighted by Gasteiger charge is 2.33. The summed E-state index contributed by atoms with van der Waals surface area (Å²) in [5.74, 6) is -0.162. The summed E-state index contributed by atoms with van der Waals surface area (Å²) in [4.78, 5) is 39.3. The van der Waals surface area contributed by atoms with E-state index < -0.39 is 20.9 Å². The lowest BCUT2D eigenvalue weighted by atomic mass is 9.92. The molecule has 0 spiro atoms. The molecule has 1 amide bonds. The van der Waals surface area contributed by atoms with Crippen LogP contribution in [0.25, 0.3) is 11.1 Å². The summed E-state index contributed by atoms with van der Waals surface area (Å²) in [6.45, 7) is 11.5. The molecule has 0 aliphatic carbocycles. The monoisotopic (exact) mass is 937 g/mol. The van der Waals surface area contributed by atoms with Gasteiger partial charge < -0.3 is 15.1 Å². The zero-order valence-electron chi connectivity index (χ0n) is 36.8. The first-order chi connectivity index (χ1) is 31.4. The van der Waals surface area contributed by atoms with Gasteiger partial charge in [-0.05, 0) is 110 Å². The lowest BCUT2D eigenvalue weighted by molar-refractivity contribution is -0.384. The molecule has 8 rings (SSSR count). The first kappa shape index (κ1) is 46.5. The molecule has 2 fully saturated rings. The molecule has 3 heterocycles. The van der Waals surface area contributed by atoms with Crippen LogP contribution in [0.4, 0.5) is 17.1 Å². The number of nitrogens with one attached hydrogen (secondary N) is 2. The summed E-state index contributed by atoms with van der Waals surface area (Å²) in [6.07, 6.45) is 2.46. The smallest absolute Gasteiger partial charge is 0.293 e. The Morgan fingerprint density at radius 2 is 1.63 bits per heavy atom. The summed E-state index contributed by atoms with van der Waals surface area (Å²) in [5.41, 5.74) is 5.68. The SMILES string of the molecule is CC(C)ON1CCN(CC[C@H](CSc2ccccc2)Nc2ccc(S(=O)(=O)NC(=O)c3ccc4c(c3)CC[C@@H]3CN(Cc5ccccc5-c5ccc(Cl)cc5)CCN43)cc2[N+](=O)[O-])CC1. The van der Waals surface area contributed by atoms with Gasteiger partial charge in [0.2, 0.25) is 0 Å². The molecule has 65 heavy (non-hydrogen) atoms. The number of carbonyl (C=O) groups excluding carboxylic acids is 1. The van der Waals surface area contributed by atoms with Crippen LogP contribution in [0, 0.1) is 10.1 Å². The molecule has 0 bridgehead atoms. The lowest BCUT2D eigenvalue weighted by Crippen LogP contribution is -2.54. The quantitative estimate of drug-likeness (QED) is 0.0524. The minimum Gasteiger partial charge on any atom is -0.376 e. The van der Waals surface area contributed by atoms with E-state index in [1.54, 1.807) is 23.9 Å². The number of sulfonamides is 1. The fourth-order valence-electron chi connectivity index (χ4n) is 8.98. The maximum absolute atomic E-state index is 13.7. The van der Waals surface area contributed by atoms with Crippen LogP contribution in [-0.2, 0) is 27.8 Å². The maximum Gasteiger partial charge on any atom is 0.293 e. The lowest BCUT2D eigenvalue weighted by Gasteiger charge is -2.46. The summed E-state index contributed by atoms with van der Waals surface area (Å²) >= 11 is 7.82. The van der Waals surface area contributed by atoms with Crippen LogP contribution in [-0.4, -0.2) is 110 Å². The molecule has 3 aliphatic heterocycles. The zero-order chi connectivity index (χ0) is 45.5. The second-order valence-corrected chi connectivity index (χ2v) is 20.4. The topological polar surface area (TPSA) is 141 Å². The molecule has 2 atom stereocenters. The van der Waals surface area contributed by atoms with Crippen molar-refractivity contribution < 1.29 is 23.0 Å². The van der Waals surface area contributed by atoms with Crippen molar-refractivity contribution in [1.82, 2.24) is 19.6 Å². The number of nitro groups is 1. The fourth-order valence-corrected chi connectivity index (χ4v) is 11.1. The number of nitrogens with zero attached hydrogens (tertiary/aromatic N) is 5. The largest absolute Gasteiger partial charge is 0.376 e. The Labute approximate surface area is 391 Å². The molecule has 16 heteroatoms. The summed E-state index contributed by atoms with van der Waals surface area (Å²) < 4.78 is 29.5. The Hall–Kier alpha value is -5.00. The number of hydroxylamine groups is 2. The Morgan fingerprint density at radius 1 is 0.892 bits per heavy atom. The van der Waals surface area contributed by atoms with E-state index in [0.717, 1.165) is 99.5 Å². The number of benzene rings is 5. The zero-order valence-corrected chi connectivity index (χ0v) is 39.2. The third kappa shape index (κ3) is 11.9. The minimum atomic E-state index is -4.47. The second-order valence-electron chi connectivity index (χ2n) is 17.2. The van der Waals surface area contributed by atoms with Gasteiger partial charge in [-0.1, -0.05) is 66.2 Å². The molecule has 2 saturated heterocycles. The molecule has 13 nitrogen and oxygen atoms in total. The van der Waals surface area contributed by atoms with Gasteiger partial charge in [-0.3, -0.25) is 24.6 Å². The third-order valence-corrected chi connectivity index (χ3v) is 15.0. The van der Waals surface area contributed by atoms with Gasteiger partial charge in [0, 0.05) is 104 Å². The predicted molar refractivity (Wildman–Crippen MR) is 259 cm³/mol. The van der Waals surface area contributed by atoms with E-state index in [-0.39, 0.29) is 34.0 Å². The number of piperazine rings is 2. The Kier molecular flexibility index (Phi) is 15.1. The van der Waals surface area contributed by atoms with Crippen LogP contribution in [0.3, 0.4) is 0 Å². The number of rotatable bonds is 17. The molecule has 0 aromatic heterocycles. The standard InChI is InChI=1S/C49H56ClN7O6S2/c1-35(2)63-55-27-24-53(25-28-55)23-22-41(34-64-43-9-4-3-5-10-43)51-46-20-19-44(31-48(46)57(59)60)65(61,62)52-49(58)38-15-21-47-37(30-38)14-18-42-33-54(26-29-56(42)47)32-39-8-6-7-11-45(39)36-12-16-40(50)17-13-36/h3-13,15-17,19-21,30-31,35,41-42,51H,14,18,22-29,32-34H2,1-2H3,(H,52,58)/t41-,42-/m1/s1. The van der Waals surface area contributed by atoms with Crippen LogP contribution in [0.5, 0.6) is 0 Å². The molecule has 5 aromatic rings. The van der Waals surface area contributed by atoms with Gasteiger partial charge in [0.05, 0.1) is 15.9 Å². The van der Waals surface area contributed by atoms with Crippen LogP contribution >= 0.6 is 23.4 Å². The number of amides is 1. The predicted octanol–water partition coefficient (Wildman–Crippen LogP) is 8.59. The molecule has 2 N–H and O–H groups in total. The number of hydrogen-bond donors (Lipinski definition) is 2. The van der Waals surface area contributed by atoms with Gasteiger partial charge in [0.1, 0.15) is 5.69 Å². The molecule has 3 aliphatic rings. The molecule has 342 valence electrons. The molecule has 0 radical (unpaired) electrons. The minimum absolute atomic E-state index is 0.119. The van der Waals surface area contributed by atoms with Crippen molar-refractivity contribution in [2.24, 2.45) is 0 Å².